The third-order valence-corrected chi connectivity index (χ3v) is 5.96. The van der Waals surface area contributed by atoms with E-state index >= 15 is 0 Å². The lowest BCUT2D eigenvalue weighted by molar-refractivity contribution is -0.384. The lowest BCUT2D eigenvalue weighted by Gasteiger charge is -2.31. The first kappa shape index (κ1) is 26.4. The molecule has 0 unspecified atom stereocenters. The zero-order valence-electron chi connectivity index (χ0n) is 20.3. The highest BCUT2D eigenvalue weighted by Gasteiger charge is 2.19. The Morgan fingerprint density at radius 1 is 1.20 bits per heavy atom. The highest BCUT2D eigenvalue weighted by Crippen LogP contribution is 2.25. The molecule has 1 saturated heterocycles. The standard InChI is InChI=1S/C25H34N4O6/c1-28(21-8-12-34-13-9-21)11-15-35-22-5-3-4-19(16-22)18-27-25(30)20-6-7-23(26-10-14-33-2)24(17-20)29(31)32/h3-7,16-17,21,26H,8-15,18H2,1-2H3,(H,27,30). The maximum absolute atomic E-state index is 12.6. The zero-order valence-corrected chi connectivity index (χ0v) is 20.3. The van der Waals surface area contributed by atoms with Gasteiger partial charge < -0.3 is 24.8 Å². The molecule has 0 aromatic heterocycles. The number of amides is 1. The van der Waals surface area contributed by atoms with Gasteiger partial charge in [-0.15, -0.1) is 0 Å². The van der Waals surface area contributed by atoms with Crippen LogP contribution in [0.2, 0.25) is 0 Å². The molecule has 1 heterocycles. The summed E-state index contributed by atoms with van der Waals surface area (Å²) in [4.78, 5) is 25.9. The molecule has 0 bridgehead atoms. The SMILES string of the molecule is COCCNc1ccc(C(=O)NCc2cccc(OCCN(C)C3CCOCC3)c2)cc1[N+](=O)[O-]. The summed E-state index contributed by atoms with van der Waals surface area (Å²) in [5, 5.41) is 17.2. The van der Waals surface area contributed by atoms with Gasteiger partial charge in [0.2, 0.25) is 0 Å². The fourth-order valence-electron chi connectivity index (χ4n) is 3.91. The molecule has 0 spiro atoms. The van der Waals surface area contributed by atoms with E-state index < -0.39 is 4.92 Å². The number of ether oxygens (including phenoxy) is 3. The van der Waals surface area contributed by atoms with Gasteiger partial charge in [0.1, 0.15) is 18.0 Å². The van der Waals surface area contributed by atoms with Crippen molar-refractivity contribution in [3.8, 4) is 5.75 Å². The number of hydrogen-bond donors (Lipinski definition) is 2. The summed E-state index contributed by atoms with van der Waals surface area (Å²) >= 11 is 0. The van der Waals surface area contributed by atoms with Crippen molar-refractivity contribution in [3.05, 3.63) is 63.7 Å². The van der Waals surface area contributed by atoms with E-state index in [4.69, 9.17) is 14.2 Å². The Balaban J connectivity index is 1.51. The summed E-state index contributed by atoms with van der Waals surface area (Å²) in [6.45, 7) is 4.12. The molecule has 2 N–H and O–H groups in total. The quantitative estimate of drug-likeness (QED) is 0.252. The average molecular weight is 487 g/mol. The third kappa shape index (κ3) is 8.20. The number of carbonyl (C=O) groups excluding carboxylic acids is 1. The van der Waals surface area contributed by atoms with Crippen LogP contribution in [0.15, 0.2) is 42.5 Å². The van der Waals surface area contributed by atoms with E-state index in [1.807, 2.05) is 24.3 Å². The fraction of sp³-hybridized carbons (Fsp3) is 0.480. The van der Waals surface area contributed by atoms with Gasteiger partial charge in [-0.2, -0.15) is 0 Å². The number of nitro groups is 1. The number of likely N-dealkylation sites (N-methyl/N-ethyl adjacent to an activating group) is 1. The van der Waals surface area contributed by atoms with Crippen LogP contribution in [-0.2, 0) is 16.0 Å². The van der Waals surface area contributed by atoms with E-state index in [0.717, 1.165) is 43.9 Å². The Hall–Kier alpha value is -3.21. The van der Waals surface area contributed by atoms with Crippen LogP contribution in [0.1, 0.15) is 28.8 Å². The van der Waals surface area contributed by atoms with Gasteiger partial charge in [-0.25, -0.2) is 0 Å². The molecule has 1 aliphatic rings. The highest BCUT2D eigenvalue weighted by atomic mass is 16.6. The Morgan fingerprint density at radius 3 is 2.74 bits per heavy atom. The number of methoxy groups -OCH3 is 1. The van der Waals surface area contributed by atoms with E-state index in [2.05, 4.69) is 22.6 Å². The molecule has 10 heteroatoms. The first-order chi connectivity index (χ1) is 17.0. The molecule has 2 aromatic carbocycles. The Bertz CT molecular complexity index is 980. The summed E-state index contributed by atoms with van der Waals surface area (Å²) in [5.74, 6) is 0.347. The van der Waals surface area contributed by atoms with Gasteiger partial charge in [0, 0.05) is 57.6 Å². The molecule has 0 aliphatic carbocycles. The first-order valence-electron chi connectivity index (χ1n) is 11.8. The lowest BCUT2D eigenvalue weighted by atomic mass is 10.1. The average Bonchev–Trinajstić information content (AvgIpc) is 2.88. The molecule has 0 atom stereocenters. The number of hydrogen-bond acceptors (Lipinski definition) is 8. The van der Waals surface area contributed by atoms with Crippen molar-refractivity contribution < 1.29 is 23.9 Å². The largest absolute Gasteiger partial charge is 0.492 e. The zero-order chi connectivity index (χ0) is 25.0. The molecule has 0 radical (unpaired) electrons. The number of carbonyl (C=O) groups is 1. The highest BCUT2D eigenvalue weighted by molar-refractivity contribution is 5.95. The van der Waals surface area contributed by atoms with Crippen LogP contribution in [0.4, 0.5) is 11.4 Å². The molecule has 1 amide bonds. The Morgan fingerprint density at radius 2 is 2.00 bits per heavy atom. The fourth-order valence-corrected chi connectivity index (χ4v) is 3.91. The minimum atomic E-state index is -0.508. The van der Waals surface area contributed by atoms with E-state index in [0.29, 0.717) is 31.5 Å². The summed E-state index contributed by atoms with van der Waals surface area (Å²) in [5.41, 5.74) is 1.28. The second kappa shape index (κ2) is 13.6. The molecular formula is C25H34N4O6. The van der Waals surface area contributed by atoms with E-state index in [1.165, 1.54) is 12.1 Å². The van der Waals surface area contributed by atoms with Gasteiger partial charge in [-0.05, 0) is 49.7 Å². The van der Waals surface area contributed by atoms with Gasteiger partial charge in [0.05, 0.1) is 11.5 Å². The third-order valence-electron chi connectivity index (χ3n) is 5.96. The second-order valence-corrected chi connectivity index (χ2v) is 8.41. The summed E-state index contributed by atoms with van der Waals surface area (Å²) < 4.78 is 16.3. The molecule has 0 saturated carbocycles. The molecule has 190 valence electrons. The van der Waals surface area contributed by atoms with Crippen molar-refractivity contribution in [1.82, 2.24) is 10.2 Å². The van der Waals surface area contributed by atoms with Crippen LogP contribution < -0.4 is 15.4 Å². The molecule has 3 rings (SSSR count). The Labute approximate surface area is 205 Å². The number of rotatable bonds is 13. The molecule has 1 aliphatic heterocycles. The normalized spacial score (nSPS) is 14.0. The van der Waals surface area contributed by atoms with Crippen LogP contribution >= 0.6 is 0 Å². The van der Waals surface area contributed by atoms with Crippen LogP contribution in [0, 0.1) is 10.1 Å². The molecule has 10 nitrogen and oxygen atoms in total. The maximum atomic E-state index is 12.6. The topological polar surface area (TPSA) is 115 Å². The number of nitrogens with zero attached hydrogens (tertiary/aromatic N) is 2. The number of anilines is 1. The van der Waals surface area contributed by atoms with Crippen LogP contribution in [-0.4, -0.2) is 75.4 Å². The molecule has 2 aromatic rings. The minimum Gasteiger partial charge on any atom is -0.492 e. The Kier molecular flexibility index (Phi) is 10.3. The minimum absolute atomic E-state index is 0.158. The first-order valence-corrected chi connectivity index (χ1v) is 11.8. The van der Waals surface area contributed by atoms with Crippen LogP contribution in [0.25, 0.3) is 0 Å². The monoisotopic (exact) mass is 486 g/mol. The van der Waals surface area contributed by atoms with E-state index in [9.17, 15) is 14.9 Å². The summed E-state index contributed by atoms with van der Waals surface area (Å²) in [6.07, 6.45) is 2.09. The maximum Gasteiger partial charge on any atom is 0.293 e. The van der Waals surface area contributed by atoms with Gasteiger partial charge >= 0.3 is 0 Å². The number of nitrogens with one attached hydrogen (secondary N) is 2. The molecular weight excluding hydrogens is 452 g/mol. The van der Waals surface area contributed by atoms with Crippen molar-refractivity contribution in [1.29, 1.82) is 0 Å². The molecule has 1 fully saturated rings. The van der Waals surface area contributed by atoms with E-state index in [-0.39, 0.29) is 23.7 Å². The van der Waals surface area contributed by atoms with Crippen molar-refractivity contribution in [2.24, 2.45) is 0 Å². The summed E-state index contributed by atoms with van der Waals surface area (Å²) in [7, 11) is 3.66. The van der Waals surface area contributed by atoms with E-state index in [1.54, 1.807) is 13.2 Å². The van der Waals surface area contributed by atoms with Crippen molar-refractivity contribution in [2.75, 3.05) is 59.0 Å². The number of nitro benzene ring substituents is 1. The predicted molar refractivity (Wildman–Crippen MR) is 133 cm³/mol. The molecule has 35 heavy (non-hydrogen) atoms. The second-order valence-electron chi connectivity index (χ2n) is 8.41. The van der Waals surface area contributed by atoms with Crippen molar-refractivity contribution >= 4 is 17.3 Å². The van der Waals surface area contributed by atoms with Crippen molar-refractivity contribution in [2.45, 2.75) is 25.4 Å². The lowest BCUT2D eigenvalue weighted by Crippen LogP contribution is -2.38. The van der Waals surface area contributed by atoms with Gasteiger partial charge in [-0.1, -0.05) is 12.1 Å². The van der Waals surface area contributed by atoms with Crippen molar-refractivity contribution in [3.63, 3.8) is 0 Å². The summed E-state index contributed by atoms with van der Waals surface area (Å²) in [6, 6.07) is 12.5. The number of benzene rings is 2. The van der Waals surface area contributed by atoms with Gasteiger partial charge in [0.15, 0.2) is 0 Å². The van der Waals surface area contributed by atoms with Gasteiger partial charge in [0.25, 0.3) is 11.6 Å². The van der Waals surface area contributed by atoms with Gasteiger partial charge in [-0.3, -0.25) is 19.8 Å². The predicted octanol–water partition coefficient (Wildman–Crippen LogP) is 3.07. The van der Waals surface area contributed by atoms with Crippen LogP contribution in [0.5, 0.6) is 5.75 Å². The van der Waals surface area contributed by atoms with Crippen LogP contribution in [0.3, 0.4) is 0 Å². The smallest absolute Gasteiger partial charge is 0.293 e.